The first-order valence-corrected chi connectivity index (χ1v) is 6.33. The monoisotopic (exact) mass is 320 g/mol. The van der Waals surface area contributed by atoms with Crippen LogP contribution in [0.25, 0.3) is 0 Å². The molecule has 0 atom stereocenters. The predicted octanol–water partition coefficient (Wildman–Crippen LogP) is 3.40. The van der Waals surface area contributed by atoms with Crippen LogP contribution in [0.2, 0.25) is 0 Å². The van der Waals surface area contributed by atoms with E-state index >= 15 is 0 Å². The van der Waals surface area contributed by atoms with Gasteiger partial charge in [-0.25, -0.2) is 0 Å². The number of benzene rings is 1. The van der Waals surface area contributed by atoms with Crippen molar-refractivity contribution in [2.75, 3.05) is 0 Å². The van der Waals surface area contributed by atoms with Crippen LogP contribution in [0.5, 0.6) is 5.75 Å². The molecule has 0 aliphatic heterocycles. The van der Waals surface area contributed by atoms with Gasteiger partial charge in [0.2, 0.25) is 0 Å². The molecule has 0 spiro atoms. The van der Waals surface area contributed by atoms with E-state index in [0.29, 0.717) is 11.1 Å². The predicted molar refractivity (Wildman–Crippen MR) is 63.0 cm³/mol. The van der Waals surface area contributed by atoms with Gasteiger partial charge in [-0.05, 0) is 11.6 Å². The smallest absolute Gasteiger partial charge is 0.308 e. The van der Waals surface area contributed by atoms with E-state index in [1.54, 1.807) is 0 Å². The van der Waals surface area contributed by atoms with Crippen LogP contribution in [0.1, 0.15) is 18.1 Å². The Hall–Kier alpha value is -0.350. The van der Waals surface area contributed by atoms with Crippen LogP contribution in [0, 0.1) is 0 Å². The van der Waals surface area contributed by atoms with Gasteiger partial charge in [0.1, 0.15) is 5.75 Å². The quantitative estimate of drug-likeness (QED) is 0.484. The highest BCUT2D eigenvalue weighted by atomic mass is 79.9. The van der Waals surface area contributed by atoms with Gasteiger partial charge in [0.05, 0.1) is 0 Å². The molecule has 0 amide bonds. The van der Waals surface area contributed by atoms with E-state index in [9.17, 15) is 4.79 Å². The maximum atomic E-state index is 10.8. The first-order valence-electron chi connectivity index (χ1n) is 4.09. The SMILES string of the molecule is CC(=O)Oc1cc(CBr)ccc1CBr. The lowest BCUT2D eigenvalue weighted by Gasteiger charge is -2.07. The molecule has 0 saturated heterocycles. The molecular weight excluding hydrogens is 312 g/mol. The summed E-state index contributed by atoms with van der Waals surface area (Å²) in [7, 11) is 0. The van der Waals surface area contributed by atoms with Crippen LogP contribution in [-0.2, 0) is 15.5 Å². The topological polar surface area (TPSA) is 26.3 Å². The molecule has 4 heteroatoms. The third kappa shape index (κ3) is 3.10. The summed E-state index contributed by atoms with van der Waals surface area (Å²) in [5.41, 5.74) is 2.07. The zero-order valence-corrected chi connectivity index (χ0v) is 10.9. The number of alkyl halides is 2. The van der Waals surface area contributed by atoms with Crippen molar-refractivity contribution in [1.29, 1.82) is 0 Å². The molecule has 1 aromatic rings. The van der Waals surface area contributed by atoms with E-state index in [1.165, 1.54) is 6.92 Å². The largest absolute Gasteiger partial charge is 0.426 e. The molecule has 0 aliphatic carbocycles. The van der Waals surface area contributed by atoms with Gasteiger partial charge in [0.15, 0.2) is 0 Å². The van der Waals surface area contributed by atoms with E-state index in [0.717, 1.165) is 16.5 Å². The summed E-state index contributed by atoms with van der Waals surface area (Å²) >= 11 is 6.69. The lowest BCUT2D eigenvalue weighted by molar-refractivity contribution is -0.131. The van der Waals surface area contributed by atoms with Crippen LogP contribution < -0.4 is 4.74 Å². The molecule has 0 unspecified atom stereocenters. The Balaban J connectivity index is 3.01. The summed E-state index contributed by atoms with van der Waals surface area (Å²) in [6, 6.07) is 5.81. The van der Waals surface area contributed by atoms with Crippen molar-refractivity contribution >= 4 is 37.8 Å². The highest BCUT2D eigenvalue weighted by Gasteiger charge is 2.06. The zero-order chi connectivity index (χ0) is 10.6. The second-order valence-electron chi connectivity index (χ2n) is 2.80. The number of halogens is 2. The Morgan fingerprint density at radius 1 is 1.36 bits per heavy atom. The molecular formula is C10H10Br2O2. The molecule has 0 aromatic heterocycles. The minimum absolute atomic E-state index is 0.293. The number of hydrogen-bond donors (Lipinski definition) is 0. The van der Waals surface area contributed by atoms with E-state index in [-0.39, 0.29) is 5.97 Å². The third-order valence-electron chi connectivity index (χ3n) is 1.68. The average Bonchev–Trinajstić information content (AvgIpc) is 2.16. The van der Waals surface area contributed by atoms with Crippen LogP contribution in [0.3, 0.4) is 0 Å². The molecule has 0 saturated carbocycles. The first kappa shape index (κ1) is 11.7. The molecule has 0 bridgehead atoms. The summed E-state index contributed by atoms with van der Waals surface area (Å²) in [6.07, 6.45) is 0. The summed E-state index contributed by atoms with van der Waals surface area (Å²) < 4.78 is 5.09. The second-order valence-corrected chi connectivity index (χ2v) is 3.92. The highest BCUT2D eigenvalue weighted by molar-refractivity contribution is 9.08. The fourth-order valence-electron chi connectivity index (χ4n) is 1.04. The molecule has 0 heterocycles. The number of hydrogen-bond acceptors (Lipinski definition) is 2. The molecule has 0 N–H and O–H groups in total. The van der Waals surface area contributed by atoms with Gasteiger partial charge >= 0.3 is 5.97 Å². The number of carbonyl (C=O) groups excluding carboxylic acids is 1. The summed E-state index contributed by atoms with van der Waals surface area (Å²) in [4.78, 5) is 10.8. The van der Waals surface area contributed by atoms with E-state index < -0.39 is 0 Å². The van der Waals surface area contributed by atoms with Crippen molar-refractivity contribution in [2.45, 2.75) is 17.6 Å². The molecule has 0 radical (unpaired) electrons. The lowest BCUT2D eigenvalue weighted by Crippen LogP contribution is -2.03. The molecule has 0 fully saturated rings. The van der Waals surface area contributed by atoms with Crippen molar-refractivity contribution in [2.24, 2.45) is 0 Å². The van der Waals surface area contributed by atoms with Gasteiger partial charge in [0.25, 0.3) is 0 Å². The minimum atomic E-state index is -0.293. The standard InChI is InChI=1S/C10H10Br2O2/c1-7(13)14-10-4-8(5-11)2-3-9(10)6-12/h2-4H,5-6H2,1H3. The number of esters is 1. The van der Waals surface area contributed by atoms with Crippen molar-refractivity contribution < 1.29 is 9.53 Å². The van der Waals surface area contributed by atoms with Crippen LogP contribution in [-0.4, -0.2) is 5.97 Å². The molecule has 1 rings (SSSR count). The number of rotatable bonds is 3. The van der Waals surface area contributed by atoms with Gasteiger partial charge < -0.3 is 4.74 Å². The average molecular weight is 322 g/mol. The number of carbonyl (C=O) groups is 1. The fourth-order valence-corrected chi connectivity index (χ4v) is 1.85. The Kier molecular flexibility index (Phi) is 4.62. The summed E-state index contributed by atoms with van der Waals surface area (Å²) in [5.74, 6) is 0.338. The van der Waals surface area contributed by atoms with Gasteiger partial charge in [-0.2, -0.15) is 0 Å². The van der Waals surface area contributed by atoms with Crippen LogP contribution in [0.4, 0.5) is 0 Å². The van der Waals surface area contributed by atoms with Gasteiger partial charge in [-0.1, -0.05) is 44.0 Å². The number of ether oxygens (including phenoxy) is 1. The second kappa shape index (κ2) is 5.51. The summed E-state index contributed by atoms with van der Waals surface area (Å²) in [6.45, 7) is 1.40. The maximum absolute atomic E-state index is 10.8. The van der Waals surface area contributed by atoms with Gasteiger partial charge in [-0.3, -0.25) is 4.79 Å². The Morgan fingerprint density at radius 3 is 2.57 bits per heavy atom. The Labute approximate surface area is 99.9 Å². The first-order chi connectivity index (χ1) is 6.67. The zero-order valence-electron chi connectivity index (χ0n) is 7.72. The van der Waals surface area contributed by atoms with E-state index in [1.807, 2.05) is 18.2 Å². The normalized spacial score (nSPS) is 9.93. The van der Waals surface area contributed by atoms with Crippen LogP contribution >= 0.6 is 31.9 Å². The fraction of sp³-hybridized carbons (Fsp3) is 0.300. The van der Waals surface area contributed by atoms with E-state index in [4.69, 9.17) is 4.74 Å². The van der Waals surface area contributed by atoms with Gasteiger partial charge in [0, 0.05) is 23.1 Å². The lowest BCUT2D eigenvalue weighted by atomic mass is 10.1. The van der Waals surface area contributed by atoms with Gasteiger partial charge in [-0.15, -0.1) is 0 Å². The third-order valence-corrected chi connectivity index (χ3v) is 2.94. The Bertz CT molecular complexity index is 337. The molecule has 76 valence electrons. The van der Waals surface area contributed by atoms with Crippen molar-refractivity contribution in [1.82, 2.24) is 0 Å². The van der Waals surface area contributed by atoms with Crippen molar-refractivity contribution in [3.05, 3.63) is 29.3 Å². The molecule has 0 aliphatic rings. The van der Waals surface area contributed by atoms with Crippen LogP contribution in [0.15, 0.2) is 18.2 Å². The molecule has 1 aromatic carbocycles. The Morgan fingerprint density at radius 2 is 2.07 bits per heavy atom. The van der Waals surface area contributed by atoms with Crippen molar-refractivity contribution in [3.8, 4) is 5.75 Å². The summed E-state index contributed by atoms with van der Waals surface area (Å²) in [5, 5.41) is 1.43. The maximum Gasteiger partial charge on any atom is 0.308 e. The molecule has 14 heavy (non-hydrogen) atoms. The highest BCUT2D eigenvalue weighted by Crippen LogP contribution is 2.24. The van der Waals surface area contributed by atoms with E-state index in [2.05, 4.69) is 31.9 Å². The molecule has 2 nitrogen and oxygen atoms in total. The minimum Gasteiger partial charge on any atom is -0.426 e. The van der Waals surface area contributed by atoms with Crippen molar-refractivity contribution in [3.63, 3.8) is 0 Å².